The molecule has 0 unspecified atom stereocenters. The van der Waals surface area contributed by atoms with Gasteiger partial charge in [-0.25, -0.2) is 0 Å². The van der Waals surface area contributed by atoms with Crippen molar-refractivity contribution in [1.82, 2.24) is 10.2 Å². The zero-order valence-electron chi connectivity index (χ0n) is 9.50. The van der Waals surface area contributed by atoms with Gasteiger partial charge in [0.25, 0.3) is 0 Å². The average Bonchev–Trinajstić information content (AvgIpc) is 2.19. The molecule has 0 aromatic rings. The van der Waals surface area contributed by atoms with E-state index in [1.54, 1.807) is 0 Å². The first-order valence-corrected chi connectivity index (χ1v) is 5.86. The number of nitrogens with one attached hydrogen (secondary N) is 1. The van der Waals surface area contributed by atoms with Crippen molar-refractivity contribution < 1.29 is 5.11 Å². The third kappa shape index (κ3) is 2.25. The van der Waals surface area contributed by atoms with Crippen LogP contribution in [0.15, 0.2) is 4.99 Å². The standard InChI is InChI=1S/C11H21N3O/c1-14-7-3-6-12-10(14)13-8-11(9-15)4-2-5-11/h15H,2-9H2,1H3,(H,12,13). The average molecular weight is 211 g/mol. The van der Waals surface area contributed by atoms with E-state index in [9.17, 15) is 5.11 Å². The maximum atomic E-state index is 9.34. The first kappa shape index (κ1) is 10.7. The topological polar surface area (TPSA) is 47.9 Å². The lowest BCUT2D eigenvalue weighted by molar-refractivity contribution is 0.0484. The van der Waals surface area contributed by atoms with E-state index in [4.69, 9.17) is 0 Å². The predicted octanol–water partition coefficient (Wildman–Crippen LogP) is 0.430. The Morgan fingerprint density at radius 2 is 2.27 bits per heavy atom. The van der Waals surface area contributed by atoms with E-state index < -0.39 is 0 Å². The van der Waals surface area contributed by atoms with Crippen LogP contribution in [0.1, 0.15) is 25.7 Å². The molecule has 0 amide bonds. The molecular weight excluding hydrogens is 190 g/mol. The molecule has 4 heteroatoms. The Morgan fingerprint density at radius 3 is 2.80 bits per heavy atom. The lowest BCUT2D eigenvalue weighted by atomic mass is 9.69. The van der Waals surface area contributed by atoms with Gasteiger partial charge in [-0.2, -0.15) is 0 Å². The minimum absolute atomic E-state index is 0.140. The van der Waals surface area contributed by atoms with Gasteiger partial charge < -0.3 is 15.3 Å². The molecule has 15 heavy (non-hydrogen) atoms. The van der Waals surface area contributed by atoms with Gasteiger partial charge in [-0.15, -0.1) is 0 Å². The molecule has 4 nitrogen and oxygen atoms in total. The third-order valence-electron chi connectivity index (χ3n) is 3.65. The van der Waals surface area contributed by atoms with Gasteiger partial charge in [-0.1, -0.05) is 6.42 Å². The molecule has 1 heterocycles. The Bertz CT molecular complexity index is 243. The fourth-order valence-corrected chi connectivity index (χ4v) is 2.24. The first-order chi connectivity index (χ1) is 7.26. The molecule has 2 N–H and O–H groups in total. The highest BCUT2D eigenvalue weighted by Crippen LogP contribution is 2.39. The monoisotopic (exact) mass is 211 g/mol. The Balaban J connectivity index is 1.84. The van der Waals surface area contributed by atoms with E-state index in [0.29, 0.717) is 6.61 Å². The maximum Gasteiger partial charge on any atom is 0.193 e. The minimum atomic E-state index is 0.140. The molecule has 2 aliphatic rings. The normalized spacial score (nSPS) is 24.4. The number of hydrogen-bond acceptors (Lipinski definition) is 4. The molecule has 0 atom stereocenters. The molecule has 1 fully saturated rings. The molecule has 1 aliphatic carbocycles. The van der Waals surface area contributed by atoms with Crippen LogP contribution in [0.25, 0.3) is 0 Å². The Kier molecular flexibility index (Phi) is 3.14. The van der Waals surface area contributed by atoms with Crippen LogP contribution >= 0.6 is 0 Å². The number of hydrogen-bond donors (Lipinski definition) is 2. The van der Waals surface area contributed by atoms with Crippen molar-refractivity contribution in [3.63, 3.8) is 0 Å². The van der Waals surface area contributed by atoms with Gasteiger partial charge in [0.05, 0.1) is 6.61 Å². The number of guanidine groups is 1. The van der Waals surface area contributed by atoms with Crippen LogP contribution < -0.4 is 5.32 Å². The molecule has 0 spiro atoms. The Labute approximate surface area is 91.4 Å². The zero-order valence-corrected chi connectivity index (χ0v) is 9.50. The lowest BCUT2D eigenvalue weighted by Crippen LogP contribution is -2.49. The van der Waals surface area contributed by atoms with E-state index in [0.717, 1.165) is 44.9 Å². The van der Waals surface area contributed by atoms with Crippen LogP contribution in [0.4, 0.5) is 0 Å². The third-order valence-corrected chi connectivity index (χ3v) is 3.65. The van der Waals surface area contributed by atoms with E-state index in [1.807, 2.05) is 0 Å². The number of aliphatic hydroxyl groups excluding tert-OH is 1. The summed E-state index contributed by atoms with van der Waals surface area (Å²) in [4.78, 5) is 6.62. The molecule has 0 saturated heterocycles. The summed E-state index contributed by atoms with van der Waals surface area (Å²) in [6.07, 6.45) is 4.69. The highest BCUT2D eigenvalue weighted by molar-refractivity contribution is 5.80. The number of rotatable bonds is 3. The van der Waals surface area contributed by atoms with E-state index in [1.165, 1.54) is 6.42 Å². The van der Waals surface area contributed by atoms with Crippen LogP contribution in [0, 0.1) is 5.41 Å². The summed E-state index contributed by atoms with van der Waals surface area (Å²) in [7, 11) is 2.07. The van der Waals surface area contributed by atoms with Crippen LogP contribution in [0.2, 0.25) is 0 Å². The largest absolute Gasteiger partial charge is 0.396 e. The summed E-state index contributed by atoms with van der Waals surface area (Å²) >= 11 is 0. The summed E-state index contributed by atoms with van der Waals surface area (Å²) < 4.78 is 0. The SMILES string of the molecule is CN1CCCN=C1NCC1(CO)CCC1. The van der Waals surface area contributed by atoms with Gasteiger partial charge >= 0.3 is 0 Å². The summed E-state index contributed by atoms with van der Waals surface area (Å²) in [6, 6.07) is 0. The van der Waals surface area contributed by atoms with Crippen molar-refractivity contribution in [3.05, 3.63) is 0 Å². The molecule has 86 valence electrons. The highest BCUT2D eigenvalue weighted by Gasteiger charge is 2.36. The van der Waals surface area contributed by atoms with Gasteiger partial charge in [0, 0.05) is 32.1 Å². The van der Waals surface area contributed by atoms with Crippen molar-refractivity contribution in [2.45, 2.75) is 25.7 Å². The molecule has 0 aromatic carbocycles. The smallest absolute Gasteiger partial charge is 0.193 e. The van der Waals surface area contributed by atoms with Crippen LogP contribution in [-0.4, -0.2) is 49.3 Å². The van der Waals surface area contributed by atoms with Gasteiger partial charge in [0.2, 0.25) is 0 Å². The van der Waals surface area contributed by atoms with Crippen molar-refractivity contribution in [1.29, 1.82) is 0 Å². The molecule has 1 saturated carbocycles. The molecule has 0 radical (unpaired) electrons. The van der Waals surface area contributed by atoms with Crippen molar-refractivity contribution in [2.75, 3.05) is 33.3 Å². The second-order valence-electron chi connectivity index (χ2n) is 4.85. The summed E-state index contributed by atoms with van der Waals surface area (Å²) in [5, 5.41) is 12.7. The number of aliphatic hydroxyl groups is 1. The number of aliphatic imine (C=N–C) groups is 1. The first-order valence-electron chi connectivity index (χ1n) is 5.86. The molecule has 0 aromatic heterocycles. The number of nitrogens with zero attached hydrogens (tertiary/aromatic N) is 2. The van der Waals surface area contributed by atoms with Crippen molar-refractivity contribution >= 4 is 5.96 Å². The summed E-state index contributed by atoms with van der Waals surface area (Å²) in [5.41, 5.74) is 0.140. The summed E-state index contributed by atoms with van der Waals surface area (Å²) in [5.74, 6) is 1.00. The molecule has 0 bridgehead atoms. The van der Waals surface area contributed by atoms with Crippen molar-refractivity contribution in [2.24, 2.45) is 10.4 Å². The molecular formula is C11H21N3O. The lowest BCUT2D eigenvalue weighted by Gasteiger charge is -2.41. The fraction of sp³-hybridized carbons (Fsp3) is 0.909. The molecule has 1 aliphatic heterocycles. The predicted molar refractivity (Wildman–Crippen MR) is 60.9 cm³/mol. The minimum Gasteiger partial charge on any atom is -0.396 e. The second kappa shape index (κ2) is 4.39. The maximum absolute atomic E-state index is 9.34. The van der Waals surface area contributed by atoms with E-state index in [-0.39, 0.29) is 5.41 Å². The van der Waals surface area contributed by atoms with E-state index >= 15 is 0 Å². The quantitative estimate of drug-likeness (QED) is 0.711. The van der Waals surface area contributed by atoms with Crippen LogP contribution in [0.3, 0.4) is 0 Å². The Hall–Kier alpha value is -0.770. The van der Waals surface area contributed by atoms with Gasteiger partial charge in [-0.3, -0.25) is 4.99 Å². The van der Waals surface area contributed by atoms with Gasteiger partial charge in [-0.05, 0) is 19.3 Å². The van der Waals surface area contributed by atoms with Crippen LogP contribution in [0.5, 0.6) is 0 Å². The van der Waals surface area contributed by atoms with E-state index in [2.05, 4.69) is 22.3 Å². The second-order valence-corrected chi connectivity index (χ2v) is 4.85. The summed E-state index contributed by atoms with van der Waals surface area (Å²) in [6.45, 7) is 3.18. The van der Waals surface area contributed by atoms with Crippen molar-refractivity contribution in [3.8, 4) is 0 Å². The van der Waals surface area contributed by atoms with Crippen LogP contribution in [-0.2, 0) is 0 Å². The molecule has 2 rings (SSSR count). The Morgan fingerprint density at radius 1 is 1.47 bits per heavy atom. The zero-order chi connectivity index (χ0) is 10.7. The fourth-order valence-electron chi connectivity index (χ4n) is 2.24. The van der Waals surface area contributed by atoms with Gasteiger partial charge in [0.1, 0.15) is 0 Å². The highest BCUT2D eigenvalue weighted by atomic mass is 16.3. The van der Waals surface area contributed by atoms with Gasteiger partial charge in [0.15, 0.2) is 5.96 Å².